The number of rotatable bonds is 4. The Hall–Kier alpha value is -2.08. The van der Waals surface area contributed by atoms with E-state index in [1.807, 2.05) is 30.3 Å². The van der Waals surface area contributed by atoms with E-state index in [1.54, 1.807) is 0 Å². The van der Waals surface area contributed by atoms with Crippen molar-refractivity contribution in [1.29, 1.82) is 0 Å². The van der Waals surface area contributed by atoms with Crippen molar-refractivity contribution in [2.75, 3.05) is 13.2 Å². The number of carboxylic acid groups (broad SMARTS) is 1. The van der Waals surface area contributed by atoms with Crippen molar-refractivity contribution >= 4 is 12.1 Å². The van der Waals surface area contributed by atoms with E-state index >= 15 is 0 Å². The van der Waals surface area contributed by atoms with Gasteiger partial charge in [0.05, 0.1) is 18.6 Å². The average Bonchev–Trinajstić information content (AvgIpc) is 2.52. The monoisotopic (exact) mass is 293 g/mol. The minimum absolute atomic E-state index is 0.131. The number of benzene rings is 1. The van der Waals surface area contributed by atoms with Crippen LogP contribution in [0.4, 0.5) is 4.79 Å². The minimum Gasteiger partial charge on any atom is -0.481 e. The van der Waals surface area contributed by atoms with Crippen molar-refractivity contribution in [3.05, 3.63) is 35.9 Å². The van der Waals surface area contributed by atoms with Gasteiger partial charge in [-0.05, 0) is 18.4 Å². The van der Waals surface area contributed by atoms with E-state index in [0.717, 1.165) is 5.56 Å². The number of ether oxygens (including phenoxy) is 1. The first-order valence-corrected chi connectivity index (χ1v) is 6.94. The molecule has 1 aromatic rings. The number of carbonyl (C=O) groups excluding carboxylic acids is 1. The minimum atomic E-state index is -0.991. The van der Waals surface area contributed by atoms with Crippen LogP contribution in [0.3, 0.4) is 0 Å². The second-order valence-corrected chi connectivity index (χ2v) is 5.07. The van der Waals surface area contributed by atoms with Gasteiger partial charge in [-0.1, -0.05) is 30.3 Å². The number of hydrogen-bond acceptors (Lipinski definition) is 4. The lowest BCUT2D eigenvalue weighted by molar-refractivity contribution is -0.146. The summed E-state index contributed by atoms with van der Waals surface area (Å²) in [4.78, 5) is 24.6. The van der Waals surface area contributed by atoms with E-state index in [1.165, 1.54) is 4.90 Å². The fourth-order valence-corrected chi connectivity index (χ4v) is 2.60. The van der Waals surface area contributed by atoms with Crippen LogP contribution in [0, 0.1) is 5.92 Å². The highest BCUT2D eigenvalue weighted by molar-refractivity contribution is 5.74. The molecule has 1 aliphatic heterocycles. The van der Waals surface area contributed by atoms with Crippen molar-refractivity contribution in [3.63, 3.8) is 0 Å². The standard InChI is InChI=1S/C15H19NO5/c17-9-13-12(14(18)19)7-4-8-16(13)15(20)21-10-11-5-2-1-3-6-11/h1-3,5-6,12-13,17H,4,7-10H2,(H,18,19)/t12-,13+/m1/s1. The summed E-state index contributed by atoms with van der Waals surface area (Å²) in [7, 11) is 0. The van der Waals surface area contributed by atoms with Crippen LogP contribution < -0.4 is 0 Å². The van der Waals surface area contributed by atoms with E-state index in [4.69, 9.17) is 9.84 Å². The highest BCUT2D eigenvalue weighted by Crippen LogP contribution is 2.24. The molecule has 0 spiro atoms. The van der Waals surface area contributed by atoms with Gasteiger partial charge < -0.3 is 19.8 Å². The van der Waals surface area contributed by atoms with Gasteiger partial charge in [0.15, 0.2) is 0 Å². The number of piperidine rings is 1. The molecule has 1 aromatic carbocycles. The Morgan fingerprint density at radius 3 is 2.62 bits per heavy atom. The van der Waals surface area contributed by atoms with Crippen molar-refractivity contribution in [3.8, 4) is 0 Å². The Morgan fingerprint density at radius 2 is 2.00 bits per heavy atom. The smallest absolute Gasteiger partial charge is 0.410 e. The predicted molar refractivity (Wildman–Crippen MR) is 74.6 cm³/mol. The largest absolute Gasteiger partial charge is 0.481 e. The molecule has 0 bridgehead atoms. The van der Waals surface area contributed by atoms with Crippen LogP contribution in [-0.2, 0) is 16.1 Å². The van der Waals surface area contributed by atoms with Crippen LogP contribution in [0.15, 0.2) is 30.3 Å². The molecular weight excluding hydrogens is 274 g/mol. The van der Waals surface area contributed by atoms with E-state index in [9.17, 15) is 14.7 Å². The van der Waals surface area contributed by atoms with Crippen molar-refractivity contribution < 1.29 is 24.5 Å². The predicted octanol–water partition coefficient (Wildman–Crippen LogP) is 1.48. The maximum absolute atomic E-state index is 12.1. The van der Waals surface area contributed by atoms with Gasteiger partial charge in [-0.3, -0.25) is 4.79 Å². The molecule has 2 atom stereocenters. The zero-order valence-corrected chi connectivity index (χ0v) is 11.6. The number of carbonyl (C=O) groups is 2. The summed E-state index contributed by atoms with van der Waals surface area (Å²) in [5.41, 5.74) is 0.859. The molecule has 0 unspecified atom stereocenters. The lowest BCUT2D eigenvalue weighted by Gasteiger charge is -2.37. The van der Waals surface area contributed by atoms with Crippen LogP contribution in [-0.4, -0.2) is 46.4 Å². The molecule has 1 amide bonds. The van der Waals surface area contributed by atoms with Crippen LogP contribution in [0.2, 0.25) is 0 Å². The maximum Gasteiger partial charge on any atom is 0.410 e. The molecule has 2 rings (SSSR count). The zero-order chi connectivity index (χ0) is 15.2. The Labute approximate surface area is 122 Å². The summed E-state index contributed by atoms with van der Waals surface area (Å²) in [5.74, 6) is -1.73. The molecule has 114 valence electrons. The maximum atomic E-state index is 12.1. The topological polar surface area (TPSA) is 87.1 Å². The lowest BCUT2D eigenvalue weighted by Crippen LogP contribution is -2.52. The van der Waals surface area contributed by atoms with Gasteiger partial charge in [0.25, 0.3) is 0 Å². The zero-order valence-electron chi connectivity index (χ0n) is 11.6. The molecule has 1 saturated heterocycles. The molecule has 1 fully saturated rings. The summed E-state index contributed by atoms with van der Waals surface area (Å²) in [6.07, 6.45) is 0.473. The molecule has 2 N–H and O–H groups in total. The molecule has 6 nitrogen and oxygen atoms in total. The van der Waals surface area contributed by atoms with Crippen LogP contribution in [0.25, 0.3) is 0 Å². The lowest BCUT2D eigenvalue weighted by atomic mass is 9.90. The number of aliphatic carboxylic acids is 1. The number of aliphatic hydroxyl groups is 1. The summed E-state index contributed by atoms with van der Waals surface area (Å²) >= 11 is 0. The van der Waals surface area contributed by atoms with Crippen LogP contribution in [0.1, 0.15) is 18.4 Å². The second kappa shape index (κ2) is 7.08. The Bertz CT molecular complexity index is 490. The van der Waals surface area contributed by atoms with E-state index in [0.29, 0.717) is 19.4 Å². The number of likely N-dealkylation sites (tertiary alicyclic amines) is 1. The first kappa shape index (κ1) is 15.3. The Morgan fingerprint density at radius 1 is 1.29 bits per heavy atom. The van der Waals surface area contributed by atoms with Gasteiger partial charge in [0.1, 0.15) is 6.61 Å². The molecule has 6 heteroatoms. The first-order chi connectivity index (χ1) is 10.1. The summed E-state index contributed by atoms with van der Waals surface area (Å²) < 4.78 is 5.21. The van der Waals surface area contributed by atoms with Gasteiger partial charge >= 0.3 is 12.1 Å². The van der Waals surface area contributed by atoms with Crippen LogP contribution in [0.5, 0.6) is 0 Å². The molecule has 0 aromatic heterocycles. The van der Waals surface area contributed by atoms with Gasteiger partial charge in [-0.2, -0.15) is 0 Å². The Balaban J connectivity index is 1.98. The molecule has 1 heterocycles. The molecule has 21 heavy (non-hydrogen) atoms. The summed E-state index contributed by atoms with van der Waals surface area (Å²) in [5, 5.41) is 18.6. The summed E-state index contributed by atoms with van der Waals surface area (Å²) in [6, 6.07) is 8.52. The van der Waals surface area contributed by atoms with Crippen molar-refractivity contribution in [1.82, 2.24) is 4.90 Å². The fourth-order valence-electron chi connectivity index (χ4n) is 2.60. The first-order valence-electron chi connectivity index (χ1n) is 6.94. The van der Waals surface area contributed by atoms with Crippen molar-refractivity contribution in [2.24, 2.45) is 5.92 Å². The highest BCUT2D eigenvalue weighted by Gasteiger charge is 2.38. The Kier molecular flexibility index (Phi) is 5.16. The third kappa shape index (κ3) is 3.72. The van der Waals surface area contributed by atoms with Crippen molar-refractivity contribution in [2.45, 2.75) is 25.5 Å². The number of aliphatic hydroxyl groups excluding tert-OH is 1. The molecule has 1 aliphatic rings. The molecule has 0 saturated carbocycles. The van der Waals surface area contributed by atoms with E-state index in [2.05, 4.69) is 0 Å². The molecule has 0 aliphatic carbocycles. The normalized spacial score (nSPS) is 21.9. The molecule has 0 radical (unpaired) electrons. The third-order valence-corrected chi connectivity index (χ3v) is 3.72. The van der Waals surface area contributed by atoms with Gasteiger partial charge in [0.2, 0.25) is 0 Å². The molecular formula is C15H19NO5. The number of nitrogens with zero attached hydrogens (tertiary/aromatic N) is 1. The van der Waals surface area contributed by atoms with E-state index in [-0.39, 0.29) is 13.2 Å². The van der Waals surface area contributed by atoms with Gasteiger partial charge in [-0.15, -0.1) is 0 Å². The quantitative estimate of drug-likeness (QED) is 0.878. The second-order valence-electron chi connectivity index (χ2n) is 5.07. The SMILES string of the molecule is O=C(O)[C@@H]1CCCN(C(=O)OCc2ccccc2)[C@H]1CO. The number of amides is 1. The fraction of sp³-hybridized carbons (Fsp3) is 0.467. The van der Waals surface area contributed by atoms with Gasteiger partial charge in [-0.25, -0.2) is 4.79 Å². The van der Waals surface area contributed by atoms with Crippen LogP contribution >= 0.6 is 0 Å². The van der Waals surface area contributed by atoms with E-state index < -0.39 is 24.0 Å². The number of hydrogen-bond donors (Lipinski definition) is 2. The third-order valence-electron chi connectivity index (χ3n) is 3.72. The van der Waals surface area contributed by atoms with Gasteiger partial charge in [0, 0.05) is 6.54 Å². The highest BCUT2D eigenvalue weighted by atomic mass is 16.6. The number of carboxylic acids is 1. The average molecular weight is 293 g/mol. The summed E-state index contributed by atoms with van der Waals surface area (Å²) in [6.45, 7) is 0.159.